The number of unbranched alkanes of at least 4 members (excludes halogenated alkanes) is 7. The van der Waals surface area contributed by atoms with Gasteiger partial charge in [0, 0.05) is 0 Å². The van der Waals surface area contributed by atoms with Crippen LogP contribution < -0.4 is 0 Å². The van der Waals surface area contributed by atoms with Crippen molar-refractivity contribution in [3.63, 3.8) is 0 Å². The van der Waals surface area contributed by atoms with Crippen molar-refractivity contribution >= 4 is 31.2 Å². The zero-order valence-electron chi connectivity index (χ0n) is 9.90. The second-order valence-corrected chi connectivity index (χ2v) is 5.27. The van der Waals surface area contributed by atoms with Crippen molar-refractivity contribution in [1.82, 2.24) is 0 Å². The molecule has 0 radical (unpaired) electrons. The van der Waals surface area contributed by atoms with Crippen LogP contribution in [0.1, 0.15) is 57.8 Å². The van der Waals surface area contributed by atoms with Crippen LogP contribution in [0.3, 0.4) is 0 Å². The average Bonchev–Trinajstić information content (AvgIpc) is 2.26. The van der Waals surface area contributed by atoms with E-state index < -0.39 is 11.2 Å². The maximum absolute atomic E-state index is 10.5. The van der Waals surface area contributed by atoms with Crippen LogP contribution in [0.25, 0.3) is 0 Å². The Balaban J connectivity index is 3.07. The number of carbonyl (C=O) groups is 1. The lowest BCUT2D eigenvalue weighted by Crippen LogP contribution is -2.12. The highest BCUT2D eigenvalue weighted by Gasteiger charge is 2.10. The van der Waals surface area contributed by atoms with E-state index >= 15 is 0 Å². The molecule has 0 fully saturated rings. The first-order valence-corrected chi connectivity index (χ1v) is 7.35. The van der Waals surface area contributed by atoms with E-state index in [1.54, 1.807) is 0 Å². The van der Waals surface area contributed by atoms with Gasteiger partial charge in [-0.2, -0.15) is 25.3 Å². The molecule has 0 aliphatic heterocycles. The van der Waals surface area contributed by atoms with Gasteiger partial charge in [-0.15, -0.1) is 0 Å². The van der Waals surface area contributed by atoms with E-state index in [0.29, 0.717) is 6.42 Å². The topological polar surface area (TPSA) is 37.3 Å². The Morgan fingerprint density at radius 2 is 1.38 bits per heavy atom. The highest BCUT2D eigenvalue weighted by atomic mass is 32.1. The lowest BCUT2D eigenvalue weighted by atomic mass is 10.1. The summed E-state index contributed by atoms with van der Waals surface area (Å²) in [5, 5.41) is 8.15. The zero-order chi connectivity index (χ0) is 12.2. The molecule has 0 saturated heterocycles. The van der Waals surface area contributed by atoms with Crippen molar-refractivity contribution in [2.75, 3.05) is 5.75 Å². The number of rotatable bonds is 11. The van der Waals surface area contributed by atoms with E-state index in [1.165, 1.54) is 38.5 Å². The van der Waals surface area contributed by atoms with Crippen LogP contribution in [0, 0.1) is 0 Å². The van der Waals surface area contributed by atoms with Gasteiger partial charge < -0.3 is 5.11 Å². The molecule has 0 amide bonds. The third-order valence-electron chi connectivity index (χ3n) is 2.67. The molecule has 1 N–H and O–H groups in total. The Kier molecular flexibility index (Phi) is 11.8. The summed E-state index contributed by atoms with van der Waals surface area (Å²) < 4.78 is 0. The second kappa shape index (κ2) is 11.6. The van der Waals surface area contributed by atoms with Gasteiger partial charge in [-0.3, -0.25) is 4.79 Å². The van der Waals surface area contributed by atoms with Gasteiger partial charge in [0.1, 0.15) is 0 Å². The SMILES string of the molecule is O=C(O)C(S)CCCCCCCCCCS. The third-order valence-corrected chi connectivity index (χ3v) is 3.47. The van der Waals surface area contributed by atoms with Gasteiger partial charge in [-0.05, 0) is 18.6 Å². The molecule has 0 aromatic heterocycles. The fourth-order valence-electron chi connectivity index (χ4n) is 1.63. The van der Waals surface area contributed by atoms with Crippen LogP contribution in [0.5, 0.6) is 0 Å². The molecule has 1 unspecified atom stereocenters. The molecule has 4 heteroatoms. The molecule has 96 valence electrons. The third kappa shape index (κ3) is 10.7. The van der Waals surface area contributed by atoms with Crippen molar-refractivity contribution < 1.29 is 9.90 Å². The standard InChI is InChI=1S/C12H24O2S2/c13-12(14)11(16)9-7-5-3-1-2-4-6-8-10-15/h11,15-16H,1-10H2,(H,13,14). The largest absolute Gasteiger partial charge is 0.480 e. The number of carboxylic acid groups (broad SMARTS) is 1. The summed E-state index contributed by atoms with van der Waals surface area (Å²) in [6, 6.07) is 0. The van der Waals surface area contributed by atoms with Gasteiger partial charge in [0.25, 0.3) is 0 Å². The predicted octanol–water partition coefficient (Wildman–Crippen LogP) is 3.81. The Hall–Kier alpha value is 0.170. The Bertz CT molecular complexity index is 174. The summed E-state index contributed by atoms with van der Waals surface area (Å²) in [6.07, 6.45) is 10.4. The summed E-state index contributed by atoms with van der Waals surface area (Å²) in [5.74, 6) is 0.202. The van der Waals surface area contributed by atoms with Crippen LogP contribution in [-0.2, 0) is 4.79 Å². The fraction of sp³-hybridized carbons (Fsp3) is 0.917. The number of hydrogen-bond donors (Lipinski definition) is 3. The van der Waals surface area contributed by atoms with Crippen molar-refractivity contribution in [2.45, 2.75) is 63.0 Å². The summed E-state index contributed by atoms with van der Waals surface area (Å²) in [4.78, 5) is 10.5. The monoisotopic (exact) mass is 264 g/mol. The first kappa shape index (κ1) is 16.2. The lowest BCUT2D eigenvalue weighted by molar-refractivity contribution is -0.136. The molecule has 0 heterocycles. The van der Waals surface area contributed by atoms with Crippen LogP contribution in [-0.4, -0.2) is 22.1 Å². The van der Waals surface area contributed by atoms with Gasteiger partial charge in [0.05, 0.1) is 5.25 Å². The highest BCUT2D eigenvalue weighted by molar-refractivity contribution is 7.81. The van der Waals surface area contributed by atoms with Crippen LogP contribution in [0.2, 0.25) is 0 Å². The Morgan fingerprint density at radius 1 is 0.938 bits per heavy atom. The lowest BCUT2D eigenvalue weighted by Gasteiger charge is -2.05. The van der Waals surface area contributed by atoms with Crippen molar-refractivity contribution in [2.24, 2.45) is 0 Å². The molecular formula is C12H24O2S2. The van der Waals surface area contributed by atoms with E-state index in [9.17, 15) is 4.79 Å². The van der Waals surface area contributed by atoms with E-state index in [1.807, 2.05) is 0 Å². The zero-order valence-corrected chi connectivity index (χ0v) is 11.7. The summed E-state index contributed by atoms with van der Waals surface area (Å²) in [6.45, 7) is 0. The van der Waals surface area contributed by atoms with E-state index in [2.05, 4.69) is 25.3 Å². The average molecular weight is 264 g/mol. The fourth-order valence-corrected chi connectivity index (χ4v) is 2.04. The van der Waals surface area contributed by atoms with E-state index in [-0.39, 0.29) is 0 Å². The molecule has 0 saturated carbocycles. The first-order chi connectivity index (χ1) is 7.68. The van der Waals surface area contributed by atoms with Gasteiger partial charge >= 0.3 is 5.97 Å². The number of hydrogen-bond acceptors (Lipinski definition) is 3. The first-order valence-electron chi connectivity index (χ1n) is 6.20. The predicted molar refractivity (Wildman–Crippen MR) is 75.8 cm³/mol. The normalized spacial score (nSPS) is 12.6. The second-order valence-electron chi connectivity index (χ2n) is 4.19. The molecule has 0 aromatic carbocycles. The van der Waals surface area contributed by atoms with E-state index in [0.717, 1.165) is 18.6 Å². The minimum atomic E-state index is -0.796. The molecule has 1 atom stereocenters. The molecular weight excluding hydrogens is 240 g/mol. The highest BCUT2D eigenvalue weighted by Crippen LogP contribution is 2.12. The molecule has 2 nitrogen and oxygen atoms in total. The maximum Gasteiger partial charge on any atom is 0.316 e. The van der Waals surface area contributed by atoms with Crippen molar-refractivity contribution in [3.8, 4) is 0 Å². The number of aliphatic carboxylic acids is 1. The molecule has 0 spiro atoms. The van der Waals surface area contributed by atoms with Gasteiger partial charge in [0.2, 0.25) is 0 Å². The van der Waals surface area contributed by atoms with Crippen molar-refractivity contribution in [1.29, 1.82) is 0 Å². The van der Waals surface area contributed by atoms with Gasteiger partial charge in [0.15, 0.2) is 0 Å². The van der Waals surface area contributed by atoms with Crippen molar-refractivity contribution in [3.05, 3.63) is 0 Å². The molecule has 0 aliphatic rings. The summed E-state index contributed by atoms with van der Waals surface area (Å²) >= 11 is 8.17. The number of thiol groups is 2. The van der Waals surface area contributed by atoms with E-state index in [4.69, 9.17) is 5.11 Å². The maximum atomic E-state index is 10.5. The summed E-state index contributed by atoms with van der Waals surface area (Å²) in [7, 11) is 0. The number of carboxylic acids is 1. The van der Waals surface area contributed by atoms with Crippen LogP contribution in [0.4, 0.5) is 0 Å². The smallest absolute Gasteiger partial charge is 0.316 e. The van der Waals surface area contributed by atoms with Crippen LogP contribution in [0.15, 0.2) is 0 Å². The van der Waals surface area contributed by atoms with Crippen LogP contribution >= 0.6 is 25.3 Å². The van der Waals surface area contributed by atoms with Gasteiger partial charge in [-0.25, -0.2) is 0 Å². The molecule has 16 heavy (non-hydrogen) atoms. The molecule has 0 bridgehead atoms. The minimum Gasteiger partial charge on any atom is -0.480 e. The Labute approximate surface area is 110 Å². The summed E-state index contributed by atoms with van der Waals surface area (Å²) in [5.41, 5.74) is 0. The molecule has 0 aromatic rings. The Morgan fingerprint density at radius 3 is 1.81 bits per heavy atom. The quantitative estimate of drug-likeness (QED) is 0.392. The molecule has 0 aliphatic carbocycles. The minimum absolute atomic E-state index is 0.476. The van der Waals surface area contributed by atoms with Gasteiger partial charge in [-0.1, -0.05) is 44.9 Å². The molecule has 0 rings (SSSR count).